The van der Waals surface area contributed by atoms with Crippen LogP contribution in [0, 0.1) is 0 Å². The van der Waals surface area contributed by atoms with E-state index >= 15 is 0 Å². The van der Waals surface area contributed by atoms with Gasteiger partial charge in [0.1, 0.15) is 6.10 Å². The lowest BCUT2D eigenvalue weighted by atomic mass is 10.1. The molecule has 1 aliphatic rings. The number of benzene rings is 1. The normalized spacial score (nSPS) is 30.7. The fraction of sp³-hybridized carbons (Fsp3) is 0.455. The second-order valence-corrected chi connectivity index (χ2v) is 4.26. The second kappa shape index (κ2) is 4.53. The van der Waals surface area contributed by atoms with Gasteiger partial charge < -0.3 is 14.9 Å². The quantitative estimate of drug-likeness (QED) is 0.663. The van der Waals surface area contributed by atoms with Crippen LogP contribution in [0.3, 0.4) is 0 Å². The lowest BCUT2D eigenvalue weighted by Gasteiger charge is -2.12. The van der Waals surface area contributed by atoms with E-state index < -0.39 is 12.2 Å². The standard InChI is InChI=1S/C11H14O3S/c12-6-11-9(13)5-10(14-11)7-1-3-8(15)4-2-7/h1-4,9-13,15H,5-6H2/t9-,10+,11+/m0/s1. The molecular weight excluding hydrogens is 212 g/mol. The molecule has 1 aromatic rings. The maximum atomic E-state index is 9.58. The zero-order chi connectivity index (χ0) is 10.8. The first-order chi connectivity index (χ1) is 7.20. The van der Waals surface area contributed by atoms with Gasteiger partial charge in [0.25, 0.3) is 0 Å². The van der Waals surface area contributed by atoms with E-state index in [1.807, 2.05) is 24.3 Å². The third-order valence-corrected chi connectivity index (χ3v) is 2.97. The Kier molecular flexibility index (Phi) is 3.31. The molecule has 15 heavy (non-hydrogen) atoms. The molecule has 0 amide bonds. The molecule has 3 atom stereocenters. The van der Waals surface area contributed by atoms with Crippen LogP contribution in [-0.4, -0.2) is 29.0 Å². The van der Waals surface area contributed by atoms with E-state index in [2.05, 4.69) is 12.6 Å². The van der Waals surface area contributed by atoms with Crippen LogP contribution in [0.25, 0.3) is 0 Å². The van der Waals surface area contributed by atoms with Gasteiger partial charge in [0, 0.05) is 11.3 Å². The van der Waals surface area contributed by atoms with Gasteiger partial charge in [0.05, 0.1) is 18.8 Å². The minimum Gasteiger partial charge on any atom is -0.394 e. The minimum atomic E-state index is -0.573. The van der Waals surface area contributed by atoms with E-state index in [1.54, 1.807) is 0 Å². The lowest BCUT2D eigenvalue weighted by Crippen LogP contribution is -2.24. The summed E-state index contributed by atoms with van der Waals surface area (Å²) in [5.41, 5.74) is 1.02. The summed E-state index contributed by atoms with van der Waals surface area (Å²) in [4.78, 5) is 0.899. The Morgan fingerprint density at radius 2 is 2.00 bits per heavy atom. The van der Waals surface area contributed by atoms with Crippen LogP contribution in [0.5, 0.6) is 0 Å². The summed E-state index contributed by atoms with van der Waals surface area (Å²) in [5.74, 6) is 0. The number of thiol groups is 1. The molecule has 1 fully saturated rings. The Hall–Kier alpha value is -0.550. The average Bonchev–Trinajstić information content (AvgIpc) is 2.61. The first-order valence-corrected chi connectivity index (χ1v) is 5.38. The third-order valence-electron chi connectivity index (χ3n) is 2.67. The van der Waals surface area contributed by atoms with E-state index in [-0.39, 0.29) is 12.7 Å². The van der Waals surface area contributed by atoms with Crippen molar-refractivity contribution in [2.45, 2.75) is 29.6 Å². The van der Waals surface area contributed by atoms with E-state index in [1.165, 1.54) is 0 Å². The fourth-order valence-electron chi connectivity index (χ4n) is 1.80. The van der Waals surface area contributed by atoms with Gasteiger partial charge in [-0.1, -0.05) is 12.1 Å². The van der Waals surface area contributed by atoms with Crippen LogP contribution in [0.2, 0.25) is 0 Å². The number of aliphatic hydroxyl groups excluding tert-OH is 2. The minimum absolute atomic E-state index is 0.119. The van der Waals surface area contributed by atoms with Crippen molar-refractivity contribution >= 4 is 12.6 Å². The molecule has 0 radical (unpaired) electrons. The van der Waals surface area contributed by atoms with Crippen molar-refractivity contribution in [1.29, 1.82) is 0 Å². The summed E-state index contributed by atoms with van der Waals surface area (Å²) < 4.78 is 5.52. The Bertz CT molecular complexity index is 325. The first-order valence-electron chi connectivity index (χ1n) is 4.94. The van der Waals surface area contributed by atoms with Crippen LogP contribution in [-0.2, 0) is 4.74 Å². The molecule has 0 spiro atoms. The molecule has 0 bridgehead atoms. The maximum absolute atomic E-state index is 9.58. The van der Waals surface area contributed by atoms with E-state index in [9.17, 15) is 5.11 Å². The molecular formula is C11H14O3S. The SMILES string of the molecule is OC[C@H]1O[C@@H](c2ccc(S)cc2)C[C@@H]1O. The first kappa shape index (κ1) is 11.0. The van der Waals surface area contributed by atoms with E-state index in [4.69, 9.17) is 9.84 Å². The molecule has 4 heteroatoms. The summed E-state index contributed by atoms with van der Waals surface area (Å²) in [6.07, 6.45) is -0.607. The Labute approximate surface area is 94.1 Å². The van der Waals surface area contributed by atoms with Gasteiger partial charge in [-0.05, 0) is 17.7 Å². The number of hydrogen-bond donors (Lipinski definition) is 3. The molecule has 0 aromatic heterocycles. The van der Waals surface area contributed by atoms with Crippen LogP contribution in [0.1, 0.15) is 18.1 Å². The monoisotopic (exact) mass is 226 g/mol. The Morgan fingerprint density at radius 3 is 2.53 bits per heavy atom. The van der Waals surface area contributed by atoms with Crippen molar-refractivity contribution < 1.29 is 14.9 Å². The molecule has 3 nitrogen and oxygen atoms in total. The van der Waals surface area contributed by atoms with Crippen molar-refractivity contribution in [1.82, 2.24) is 0 Å². The lowest BCUT2D eigenvalue weighted by molar-refractivity contribution is -0.0225. The Balaban J connectivity index is 2.10. The highest BCUT2D eigenvalue weighted by molar-refractivity contribution is 7.80. The van der Waals surface area contributed by atoms with Crippen molar-refractivity contribution in [3.8, 4) is 0 Å². The molecule has 2 rings (SSSR count). The molecule has 0 saturated carbocycles. The molecule has 1 heterocycles. The molecule has 2 N–H and O–H groups in total. The molecule has 1 aliphatic heterocycles. The summed E-state index contributed by atoms with van der Waals surface area (Å²) in [6.45, 7) is -0.137. The van der Waals surface area contributed by atoms with E-state index in [0.29, 0.717) is 6.42 Å². The molecule has 82 valence electrons. The van der Waals surface area contributed by atoms with Gasteiger partial charge >= 0.3 is 0 Å². The highest BCUT2D eigenvalue weighted by Gasteiger charge is 2.33. The molecule has 1 saturated heterocycles. The number of aliphatic hydroxyl groups is 2. The van der Waals surface area contributed by atoms with Gasteiger partial charge in [-0.15, -0.1) is 12.6 Å². The summed E-state index contributed by atoms with van der Waals surface area (Å²) in [6, 6.07) is 7.64. The van der Waals surface area contributed by atoms with Gasteiger partial charge in [0.2, 0.25) is 0 Å². The number of ether oxygens (including phenoxy) is 1. The smallest absolute Gasteiger partial charge is 0.107 e. The predicted molar refractivity (Wildman–Crippen MR) is 59.0 cm³/mol. The van der Waals surface area contributed by atoms with Crippen LogP contribution < -0.4 is 0 Å². The van der Waals surface area contributed by atoms with Crippen molar-refractivity contribution in [2.75, 3.05) is 6.61 Å². The number of rotatable bonds is 2. The molecule has 0 unspecified atom stereocenters. The molecule has 1 aromatic carbocycles. The highest BCUT2D eigenvalue weighted by atomic mass is 32.1. The van der Waals surface area contributed by atoms with Crippen molar-refractivity contribution in [3.63, 3.8) is 0 Å². The fourth-order valence-corrected chi connectivity index (χ4v) is 1.95. The summed E-state index contributed by atoms with van der Waals surface area (Å²) in [7, 11) is 0. The summed E-state index contributed by atoms with van der Waals surface area (Å²) in [5, 5.41) is 18.5. The zero-order valence-electron chi connectivity index (χ0n) is 8.21. The van der Waals surface area contributed by atoms with Crippen LogP contribution >= 0.6 is 12.6 Å². The maximum Gasteiger partial charge on any atom is 0.107 e. The van der Waals surface area contributed by atoms with Gasteiger partial charge in [-0.2, -0.15) is 0 Å². The van der Waals surface area contributed by atoms with Crippen LogP contribution in [0.4, 0.5) is 0 Å². The van der Waals surface area contributed by atoms with Gasteiger partial charge in [0.15, 0.2) is 0 Å². The van der Waals surface area contributed by atoms with Gasteiger partial charge in [-0.3, -0.25) is 0 Å². The second-order valence-electron chi connectivity index (χ2n) is 3.74. The Morgan fingerprint density at radius 1 is 1.33 bits per heavy atom. The van der Waals surface area contributed by atoms with Crippen LogP contribution in [0.15, 0.2) is 29.2 Å². The summed E-state index contributed by atoms with van der Waals surface area (Å²) >= 11 is 4.20. The topological polar surface area (TPSA) is 49.7 Å². The zero-order valence-corrected chi connectivity index (χ0v) is 9.10. The van der Waals surface area contributed by atoms with Crippen molar-refractivity contribution in [2.24, 2.45) is 0 Å². The molecule has 0 aliphatic carbocycles. The predicted octanol–water partition coefficient (Wildman–Crippen LogP) is 1.16. The third kappa shape index (κ3) is 2.34. The van der Waals surface area contributed by atoms with E-state index in [0.717, 1.165) is 10.5 Å². The van der Waals surface area contributed by atoms with Crippen molar-refractivity contribution in [3.05, 3.63) is 29.8 Å². The highest BCUT2D eigenvalue weighted by Crippen LogP contribution is 2.33. The largest absolute Gasteiger partial charge is 0.394 e. The van der Waals surface area contributed by atoms with Gasteiger partial charge in [-0.25, -0.2) is 0 Å². The number of hydrogen-bond acceptors (Lipinski definition) is 4. The average molecular weight is 226 g/mol.